The topological polar surface area (TPSA) is 70.2 Å². The Bertz CT molecular complexity index is 1060. The van der Waals surface area contributed by atoms with Gasteiger partial charge < -0.3 is 9.64 Å². The number of likely N-dealkylation sites (tertiary alicyclic amines) is 1. The molecule has 2 aliphatic rings. The van der Waals surface area contributed by atoms with Crippen LogP contribution in [0.3, 0.4) is 0 Å². The van der Waals surface area contributed by atoms with Gasteiger partial charge in [0, 0.05) is 65.8 Å². The zero-order valence-electron chi connectivity index (χ0n) is 21.0. The van der Waals surface area contributed by atoms with Gasteiger partial charge in [-0.1, -0.05) is 72.8 Å². The van der Waals surface area contributed by atoms with E-state index in [-0.39, 0.29) is 30.6 Å². The minimum atomic E-state index is -1.14. The Balaban J connectivity index is 1.39. The van der Waals surface area contributed by atoms with Crippen molar-refractivity contribution in [2.24, 2.45) is 0 Å². The van der Waals surface area contributed by atoms with E-state index in [4.69, 9.17) is 4.74 Å². The van der Waals surface area contributed by atoms with Gasteiger partial charge in [-0.05, 0) is 17.5 Å². The predicted octanol–water partition coefficient (Wildman–Crippen LogP) is 2.97. The van der Waals surface area contributed by atoms with E-state index in [1.54, 1.807) is 7.11 Å². The Labute approximate surface area is 213 Å². The van der Waals surface area contributed by atoms with Crippen LogP contribution in [0.4, 0.5) is 0 Å². The largest absolute Gasteiger partial charge is 0.385 e. The molecule has 0 aliphatic carbocycles. The maximum Gasteiger partial charge on any atom is 0.240 e. The molecule has 0 saturated carbocycles. The van der Waals surface area contributed by atoms with Gasteiger partial charge in [0.2, 0.25) is 17.7 Å². The highest BCUT2D eigenvalue weighted by Gasteiger charge is 2.53. The van der Waals surface area contributed by atoms with E-state index in [2.05, 4.69) is 29.2 Å². The number of carbonyl (C=O) groups is 3. The first-order valence-electron chi connectivity index (χ1n) is 12.6. The molecule has 2 heterocycles. The van der Waals surface area contributed by atoms with Gasteiger partial charge >= 0.3 is 0 Å². The zero-order chi connectivity index (χ0) is 25.4. The highest BCUT2D eigenvalue weighted by Crippen LogP contribution is 2.40. The molecule has 2 aromatic rings. The average molecular weight is 490 g/mol. The first-order valence-corrected chi connectivity index (χ1v) is 12.6. The van der Waals surface area contributed by atoms with Crippen LogP contribution in [-0.4, -0.2) is 85.4 Å². The van der Waals surface area contributed by atoms with Crippen molar-refractivity contribution in [1.29, 1.82) is 0 Å². The molecule has 0 aromatic heterocycles. The molecule has 190 valence electrons. The SMILES string of the molecule is COCCCN1C(=O)C[C@@](CC(=O)N2CCN(C/C=C/c3ccccc3)CC2)(c2ccccc2)C1=O. The minimum absolute atomic E-state index is 0.0102. The number of rotatable bonds is 10. The summed E-state index contributed by atoms with van der Waals surface area (Å²) in [5.41, 5.74) is 0.762. The summed E-state index contributed by atoms with van der Waals surface area (Å²) in [6, 6.07) is 19.5. The van der Waals surface area contributed by atoms with E-state index in [1.165, 1.54) is 10.5 Å². The molecule has 2 aromatic carbocycles. The van der Waals surface area contributed by atoms with Crippen LogP contribution >= 0.6 is 0 Å². The van der Waals surface area contributed by atoms with Crippen molar-refractivity contribution in [1.82, 2.24) is 14.7 Å². The summed E-state index contributed by atoms with van der Waals surface area (Å²) in [7, 11) is 1.60. The molecule has 7 nitrogen and oxygen atoms in total. The predicted molar refractivity (Wildman–Crippen MR) is 139 cm³/mol. The lowest BCUT2D eigenvalue weighted by molar-refractivity contribution is -0.143. The number of hydrogen-bond donors (Lipinski definition) is 0. The fourth-order valence-corrected chi connectivity index (χ4v) is 5.07. The summed E-state index contributed by atoms with van der Waals surface area (Å²) >= 11 is 0. The number of nitrogens with zero attached hydrogens (tertiary/aromatic N) is 3. The van der Waals surface area contributed by atoms with Gasteiger partial charge in [0.25, 0.3) is 0 Å². The molecular weight excluding hydrogens is 454 g/mol. The third kappa shape index (κ3) is 5.91. The number of benzene rings is 2. The second kappa shape index (κ2) is 12.1. The Morgan fingerprint density at radius 1 is 0.972 bits per heavy atom. The molecular formula is C29H35N3O4. The van der Waals surface area contributed by atoms with Gasteiger partial charge in [0.05, 0.1) is 5.41 Å². The molecule has 3 amide bonds. The molecule has 0 unspecified atom stereocenters. The first kappa shape index (κ1) is 25.8. The number of amides is 3. The summed E-state index contributed by atoms with van der Waals surface area (Å²) in [4.78, 5) is 45.4. The number of imide groups is 1. The fraction of sp³-hybridized carbons (Fsp3) is 0.414. The number of methoxy groups -OCH3 is 1. The smallest absolute Gasteiger partial charge is 0.240 e. The zero-order valence-corrected chi connectivity index (χ0v) is 21.0. The molecule has 36 heavy (non-hydrogen) atoms. The normalized spacial score (nSPS) is 21.0. The van der Waals surface area contributed by atoms with Gasteiger partial charge in [-0.25, -0.2) is 0 Å². The van der Waals surface area contributed by atoms with Crippen molar-refractivity contribution < 1.29 is 19.1 Å². The average Bonchev–Trinajstić information content (AvgIpc) is 3.15. The number of ether oxygens (including phenoxy) is 1. The minimum Gasteiger partial charge on any atom is -0.385 e. The van der Waals surface area contributed by atoms with E-state index in [9.17, 15) is 14.4 Å². The Hall–Kier alpha value is -3.29. The van der Waals surface area contributed by atoms with Crippen LogP contribution in [0.2, 0.25) is 0 Å². The summed E-state index contributed by atoms with van der Waals surface area (Å²) in [5, 5.41) is 0. The van der Waals surface area contributed by atoms with Gasteiger partial charge in [-0.3, -0.25) is 24.2 Å². The standard InChI is InChI=1S/C29H35N3O4/c1-36-21-9-16-32-27(34)23-29(28(32)35,25-13-6-3-7-14-25)22-26(33)31-19-17-30(18-20-31)15-8-12-24-10-4-2-5-11-24/h2-8,10-14H,9,15-23H2,1H3/b12-8+/t29-/m0/s1. The molecule has 0 radical (unpaired) electrons. The summed E-state index contributed by atoms with van der Waals surface area (Å²) in [6.07, 6.45) is 4.88. The maximum atomic E-state index is 13.6. The lowest BCUT2D eigenvalue weighted by Crippen LogP contribution is -2.51. The van der Waals surface area contributed by atoms with Crippen molar-refractivity contribution in [2.75, 3.05) is 53.0 Å². The van der Waals surface area contributed by atoms with E-state index in [0.29, 0.717) is 32.7 Å². The highest BCUT2D eigenvalue weighted by molar-refractivity contribution is 6.10. The van der Waals surface area contributed by atoms with E-state index >= 15 is 0 Å². The Kier molecular flexibility index (Phi) is 8.67. The summed E-state index contributed by atoms with van der Waals surface area (Å²) in [5.74, 6) is -0.561. The van der Waals surface area contributed by atoms with Crippen LogP contribution in [-0.2, 0) is 24.5 Å². The van der Waals surface area contributed by atoms with Crippen molar-refractivity contribution in [2.45, 2.75) is 24.7 Å². The Morgan fingerprint density at radius 3 is 2.31 bits per heavy atom. The van der Waals surface area contributed by atoms with Crippen LogP contribution < -0.4 is 0 Å². The lowest BCUT2D eigenvalue weighted by atomic mass is 9.75. The lowest BCUT2D eigenvalue weighted by Gasteiger charge is -2.36. The third-order valence-corrected chi connectivity index (χ3v) is 7.12. The van der Waals surface area contributed by atoms with E-state index in [0.717, 1.165) is 25.2 Å². The molecule has 2 aliphatic heterocycles. The van der Waals surface area contributed by atoms with Crippen LogP contribution in [0.5, 0.6) is 0 Å². The second-order valence-electron chi connectivity index (χ2n) is 9.49. The monoisotopic (exact) mass is 489 g/mol. The molecule has 2 fully saturated rings. The van der Waals surface area contributed by atoms with Gasteiger partial charge in [-0.2, -0.15) is 0 Å². The first-order chi connectivity index (χ1) is 17.5. The number of carbonyl (C=O) groups excluding carboxylic acids is 3. The Morgan fingerprint density at radius 2 is 1.64 bits per heavy atom. The second-order valence-corrected chi connectivity index (χ2v) is 9.49. The molecule has 0 bridgehead atoms. The maximum absolute atomic E-state index is 13.6. The van der Waals surface area contributed by atoms with Crippen LogP contribution in [0.1, 0.15) is 30.4 Å². The van der Waals surface area contributed by atoms with Crippen molar-refractivity contribution in [3.8, 4) is 0 Å². The van der Waals surface area contributed by atoms with Crippen molar-refractivity contribution in [3.05, 3.63) is 77.9 Å². The molecule has 1 atom stereocenters. The number of piperazine rings is 1. The van der Waals surface area contributed by atoms with E-state index in [1.807, 2.05) is 53.4 Å². The number of hydrogen-bond acceptors (Lipinski definition) is 5. The van der Waals surface area contributed by atoms with Gasteiger partial charge in [0.15, 0.2) is 0 Å². The van der Waals surface area contributed by atoms with Crippen molar-refractivity contribution in [3.63, 3.8) is 0 Å². The molecule has 2 saturated heterocycles. The third-order valence-electron chi connectivity index (χ3n) is 7.12. The summed E-state index contributed by atoms with van der Waals surface area (Å²) < 4.78 is 5.09. The van der Waals surface area contributed by atoms with Gasteiger partial charge in [-0.15, -0.1) is 0 Å². The molecule has 7 heteroatoms. The van der Waals surface area contributed by atoms with E-state index < -0.39 is 5.41 Å². The van der Waals surface area contributed by atoms with Crippen LogP contribution in [0.25, 0.3) is 6.08 Å². The fourth-order valence-electron chi connectivity index (χ4n) is 5.07. The van der Waals surface area contributed by atoms with Gasteiger partial charge in [0.1, 0.15) is 0 Å². The highest BCUT2D eigenvalue weighted by atomic mass is 16.5. The van der Waals surface area contributed by atoms with Crippen LogP contribution in [0.15, 0.2) is 66.7 Å². The molecule has 0 spiro atoms. The quantitative estimate of drug-likeness (QED) is 0.379. The molecule has 0 N–H and O–H groups in total. The summed E-state index contributed by atoms with van der Waals surface area (Å²) in [6.45, 7) is 4.39. The molecule has 4 rings (SSSR count). The van der Waals surface area contributed by atoms with Crippen molar-refractivity contribution >= 4 is 23.8 Å². The van der Waals surface area contributed by atoms with Crippen LogP contribution in [0, 0.1) is 0 Å².